The number of rotatable bonds is 7. The van der Waals surface area contributed by atoms with Crippen LogP contribution in [0.2, 0.25) is 0 Å². The molecule has 1 aromatic rings. The maximum atomic E-state index is 12.0. The van der Waals surface area contributed by atoms with Crippen LogP contribution in [-0.4, -0.2) is 93.1 Å². The molecule has 0 spiro atoms. The third kappa shape index (κ3) is 6.10. The van der Waals surface area contributed by atoms with E-state index in [0.717, 1.165) is 37.8 Å². The molecular formula is C22H35N5O2. The van der Waals surface area contributed by atoms with Crippen LogP contribution in [0, 0.1) is 0 Å². The van der Waals surface area contributed by atoms with Crippen molar-refractivity contribution in [3.8, 4) is 5.75 Å². The van der Waals surface area contributed by atoms with Gasteiger partial charge in [0.05, 0.1) is 7.11 Å². The van der Waals surface area contributed by atoms with E-state index in [1.54, 1.807) is 26.1 Å². The van der Waals surface area contributed by atoms with E-state index < -0.39 is 0 Å². The molecule has 0 radical (unpaired) electrons. The van der Waals surface area contributed by atoms with Crippen LogP contribution < -0.4 is 10.1 Å². The van der Waals surface area contributed by atoms with Crippen LogP contribution in [0.1, 0.15) is 24.8 Å². The highest BCUT2D eigenvalue weighted by atomic mass is 16.5. The number of aliphatic imine (C=N–C) groups is 1. The number of likely N-dealkylation sites (N-methyl/N-ethyl adjacent to an activating group) is 1. The summed E-state index contributed by atoms with van der Waals surface area (Å²) in [5.74, 6) is 1.75. The normalized spacial score (nSPS) is 20.2. The number of carbonyl (C=O) groups is 1. The van der Waals surface area contributed by atoms with Crippen LogP contribution in [0.3, 0.4) is 0 Å². The molecule has 1 unspecified atom stereocenters. The highest BCUT2D eigenvalue weighted by molar-refractivity contribution is 5.85. The zero-order valence-corrected chi connectivity index (χ0v) is 18.1. The second-order valence-electron chi connectivity index (χ2n) is 8.08. The maximum absolute atomic E-state index is 12.0. The first-order chi connectivity index (χ1) is 14.1. The molecule has 0 bridgehead atoms. The molecule has 2 aliphatic rings. The number of nitrogens with zero attached hydrogens (tertiary/aromatic N) is 4. The Morgan fingerprint density at radius 3 is 2.59 bits per heavy atom. The fourth-order valence-electron chi connectivity index (χ4n) is 4.00. The van der Waals surface area contributed by atoms with Gasteiger partial charge in [0.25, 0.3) is 0 Å². The van der Waals surface area contributed by atoms with Crippen LogP contribution in [0.15, 0.2) is 29.3 Å². The fourth-order valence-corrected chi connectivity index (χ4v) is 4.00. The topological polar surface area (TPSA) is 60.4 Å². The number of amides is 1. The first kappa shape index (κ1) is 21.4. The van der Waals surface area contributed by atoms with Crippen molar-refractivity contribution in [2.45, 2.75) is 31.7 Å². The number of methoxy groups -OCH3 is 1. The third-order valence-corrected chi connectivity index (χ3v) is 5.84. The lowest BCUT2D eigenvalue weighted by Crippen LogP contribution is -2.44. The minimum atomic E-state index is 0.0229. The first-order valence-electron chi connectivity index (χ1n) is 10.7. The number of likely N-dealkylation sites (tertiary alicyclic amines) is 2. The van der Waals surface area contributed by atoms with E-state index in [1.165, 1.54) is 37.9 Å². The van der Waals surface area contributed by atoms with Crippen molar-refractivity contribution in [3.63, 3.8) is 0 Å². The summed E-state index contributed by atoms with van der Waals surface area (Å²) in [6, 6.07) is 8.76. The van der Waals surface area contributed by atoms with Crippen molar-refractivity contribution in [2.75, 3.05) is 60.5 Å². The minimum Gasteiger partial charge on any atom is -0.497 e. The summed E-state index contributed by atoms with van der Waals surface area (Å²) in [5.41, 5.74) is 1.25. The van der Waals surface area contributed by atoms with Gasteiger partial charge in [-0.25, -0.2) is 4.99 Å². The minimum absolute atomic E-state index is 0.0229. The molecule has 3 rings (SSSR count). The lowest BCUT2D eigenvalue weighted by molar-refractivity contribution is -0.127. The molecule has 2 aliphatic heterocycles. The second-order valence-corrected chi connectivity index (χ2v) is 8.08. The van der Waals surface area contributed by atoms with Crippen LogP contribution in [0.4, 0.5) is 0 Å². The molecule has 1 atom stereocenters. The lowest BCUT2D eigenvalue weighted by atomic mass is 10.1. The van der Waals surface area contributed by atoms with Gasteiger partial charge in [-0.15, -0.1) is 0 Å². The van der Waals surface area contributed by atoms with E-state index >= 15 is 0 Å². The Labute approximate surface area is 174 Å². The number of nitrogens with one attached hydrogen (secondary N) is 1. The summed E-state index contributed by atoms with van der Waals surface area (Å²) < 4.78 is 5.22. The summed E-state index contributed by atoms with van der Waals surface area (Å²) >= 11 is 0. The predicted octanol–water partition coefficient (Wildman–Crippen LogP) is 1.44. The van der Waals surface area contributed by atoms with E-state index in [4.69, 9.17) is 4.74 Å². The quantitative estimate of drug-likeness (QED) is 0.553. The summed E-state index contributed by atoms with van der Waals surface area (Å²) in [7, 11) is 5.22. The van der Waals surface area contributed by atoms with Gasteiger partial charge in [-0.1, -0.05) is 12.1 Å². The molecule has 7 nitrogen and oxygen atoms in total. The van der Waals surface area contributed by atoms with Crippen molar-refractivity contribution in [1.82, 2.24) is 20.0 Å². The van der Waals surface area contributed by atoms with Gasteiger partial charge in [0, 0.05) is 39.8 Å². The van der Waals surface area contributed by atoms with Gasteiger partial charge in [0.2, 0.25) is 5.91 Å². The fraction of sp³-hybridized carbons (Fsp3) is 0.636. The van der Waals surface area contributed by atoms with Gasteiger partial charge in [-0.2, -0.15) is 0 Å². The molecule has 160 valence electrons. The van der Waals surface area contributed by atoms with E-state index in [-0.39, 0.29) is 12.5 Å². The Hall–Kier alpha value is -2.28. The van der Waals surface area contributed by atoms with Gasteiger partial charge in [-0.05, 0) is 56.5 Å². The maximum Gasteiger partial charge on any atom is 0.243 e. The first-order valence-corrected chi connectivity index (χ1v) is 10.7. The Balaban J connectivity index is 1.58. The molecule has 2 fully saturated rings. The van der Waals surface area contributed by atoms with Gasteiger partial charge in [-0.3, -0.25) is 9.69 Å². The summed E-state index contributed by atoms with van der Waals surface area (Å²) in [6.07, 6.45) is 4.69. The molecule has 1 aromatic carbocycles. The SMILES string of the molecule is COc1ccc(CCNC(=NCC(=O)N(C)C)N2CCC(N3CCCC3)C2)cc1. The molecule has 0 aromatic heterocycles. The van der Waals surface area contributed by atoms with Gasteiger partial charge in [0.15, 0.2) is 5.96 Å². The van der Waals surface area contributed by atoms with E-state index in [9.17, 15) is 4.79 Å². The van der Waals surface area contributed by atoms with Crippen molar-refractivity contribution >= 4 is 11.9 Å². The number of guanidine groups is 1. The molecule has 1 N–H and O–H groups in total. The Morgan fingerprint density at radius 1 is 1.21 bits per heavy atom. The average Bonchev–Trinajstić information content (AvgIpc) is 3.42. The molecule has 7 heteroatoms. The molecule has 2 saturated heterocycles. The Bertz CT molecular complexity index is 683. The summed E-state index contributed by atoms with van der Waals surface area (Å²) in [5, 5.41) is 3.50. The van der Waals surface area contributed by atoms with Gasteiger partial charge < -0.3 is 19.9 Å². The van der Waals surface area contributed by atoms with E-state index in [1.807, 2.05) is 12.1 Å². The van der Waals surface area contributed by atoms with Gasteiger partial charge in [0.1, 0.15) is 12.3 Å². The smallest absolute Gasteiger partial charge is 0.243 e. The Kier molecular flexibility index (Phi) is 7.75. The van der Waals surface area contributed by atoms with Crippen LogP contribution in [0.5, 0.6) is 5.75 Å². The molecule has 2 heterocycles. The average molecular weight is 402 g/mol. The Morgan fingerprint density at radius 2 is 1.93 bits per heavy atom. The zero-order chi connectivity index (χ0) is 20.6. The third-order valence-electron chi connectivity index (χ3n) is 5.84. The number of hydrogen-bond donors (Lipinski definition) is 1. The second kappa shape index (κ2) is 10.5. The van der Waals surface area contributed by atoms with Crippen LogP contribution >= 0.6 is 0 Å². The zero-order valence-electron chi connectivity index (χ0n) is 18.1. The number of benzene rings is 1. The van der Waals surface area contributed by atoms with Crippen molar-refractivity contribution in [2.24, 2.45) is 4.99 Å². The van der Waals surface area contributed by atoms with Crippen LogP contribution in [0.25, 0.3) is 0 Å². The summed E-state index contributed by atoms with van der Waals surface area (Å²) in [6.45, 7) is 5.38. The van der Waals surface area contributed by atoms with Crippen molar-refractivity contribution in [1.29, 1.82) is 0 Å². The largest absolute Gasteiger partial charge is 0.497 e. The molecule has 0 saturated carbocycles. The predicted molar refractivity (Wildman–Crippen MR) is 116 cm³/mol. The molecule has 0 aliphatic carbocycles. The standard InChI is InChI=1S/C22H35N5O2/c1-25(2)21(28)16-24-22(23-12-10-18-6-8-20(29-3)9-7-18)27-15-11-19(17-27)26-13-4-5-14-26/h6-9,19H,4-5,10-17H2,1-3H3,(H,23,24). The van der Waals surface area contributed by atoms with Crippen molar-refractivity contribution in [3.05, 3.63) is 29.8 Å². The lowest BCUT2D eigenvalue weighted by Gasteiger charge is -2.26. The number of carbonyl (C=O) groups excluding carboxylic acids is 1. The molecule has 1 amide bonds. The highest BCUT2D eigenvalue weighted by Gasteiger charge is 2.30. The number of hydrogen-bond acceptors (Lipinski definition) is 4. The van der Waals surface area contributed by atoms with Gasteiger partial charge >= 0.3 is 0 Å². The number of ether oxygens (including phenoxy) is 1. The van der Waals surface area contributed by atoms with E-state index in [0.29, 0.717) is 6.04 Å². The molecular weight excluding hydrogens is 366 g/mol. The van der Waals surface area contributed by atoms with Crippen LogP contribution in [-0.2, 0) is 11.2 Å². The van der Waals surface area contributed by atoms with E-state index in [2.05, 4.69) is 32.2 Å². The molecule has 29 heavy (non-hydrogen) atoms. The summed E-state index contributed by atoms with van der Waals surface area (Å²) in [4.78, 5) is 23.2. The van der Waals surface area contributed by atoms with Crippen molar-refractivity contribution < 1.29 is 9.53 Å². The monoisotopic (exact) mass is 401 g/mol. The highest BCUT2D eigenvalue weighted by Crippen LogP contribution is 2.20.